The molecule has 0 bridgehead atoms. The van der Waals surface area contributed by atoms with E-state index in [1.807, 2.05) is 13.8 Å². The number of hydrogen-bond acceptors (Lipinski definition) is 7. The van der Waals surface area contributed by atoms with E-state index >= 15 is 0 Å². The highest BCUT2D eigenvalue weighted by atomic mass is 35.5. The molecule has 0 radical (unpaired) electrons. The van der Waals surface area contributed by atoms with Crippen LogP contribution in [0.4, 0.5) is 10.4 Å². The summed E-state index contributed by atoms with van der Waals surface area (Å²) >= 11 is 5.64. The van der Waals surface area contributed by atoms with Gasteiger partial charge in [-0.2, -0.15) is 4.98 Å². The Hall–Kier alpha value is -1.96. The van der Waals surface area contributed by atoms with Crippen molar-refractivity contribution < 1.29 is 13.7 Å². The molecule has 1 saturated heterocycles. The van der Waals surface area contributed by atoms with E-state index < -0.39 is 6.17 Å². The van der Waals surface area contributed by atoms with Crippen molar-refractivity contribution >= 4 is 17.6 Å². The van der Waals surface area contributed by atoms with Crippen molar-refractivity contribution in [1.82, 2.24) is 20.1 Å². The zero-order valence-electron chi connectivity index (χ0n) is 13.5. The number of aromatic nitrogens is 4. The second-order valence-corrected chi connectivity index (χ2v) is 6.11. The lowest BCUT2D eigenvalue weighted by Gasteiger charge is -2.36. The summed E-state index contributed by atoms with van der Waals surface area (Å²) in [6.45, 7) is 4.64. The van der Waals surface area contributed by atoms with Crippen molar-refractivity contribution in [3.8, 4) is 5.75 Å². The Balaban J connectivity index is 1.59. The fraction of sp³-hybridized carbons (Fsp3) is 0.600. The number of piperidine rings is 1. The van der Waals surface area contributed by atoms with Gasteiger partial charge in [0.05, 0.1) is 18.9 Å². The minimum Gasteiger partial charge on any atom is -0.487 e. The highest BCUT2D eigenvalue weighted by molar-refractivity contribution is 6.28. The number of ether oxygens (including phenoxy) is 1. The maximum Gasteiger partial charge on any atom is 0.324 e. The molecule has 0 saturated carbocycles. The summed E-state index contributed by atoms with van der Waals surface area (Å²) in [6, 6.07) is 0.382. The van der Waals surface area contributed by atoms with E-state index in [-0.39, 0.29) is 23.9 Å². The molecule has 0 amide bonds. The maximum absolute atomic E-state index is 14.6. The van der Waals surface area contributed by atoms with Gasteiger partial charge in [-0.15, -0.1) is 0 Å². The Morgan fingerprint density at radius 2 is 2.21 bits per heavy atom. The van der Waals surface area contributed by atoms with Crippen LogP contribution in [0.25, 0.3) is 0 Å². The Labute approximate surface area is 144 Å². The lowest BCUT2D eigenvalue weighted by molar-refractivity contribution is 0.0702. The molecule has 1 fully saturated rings. The van der Waals surface area contributed by atoms with E-state index in [4.69, 9.17) is 20.9 Å². The van der Waals surface area contributed by atoms with Crippen molar-refractivity contribution in [2.75, 3.05) is 18.0 Å². The molecule has 3 rings (SSSR count). The third kappa shape index (κ3) is 3.75. The molecule has 0 aromatic carbocycles. The summed E-state index contributed by atoms with van der Waals surface area (Å²) in [5.41, 5.74) is 0. The largest absolute Gasteiger partial charge is 0.487 e. The molecule has 9 heteroatoms. The van der Waals surface area contributed by atoms with Crippen LogP contribution in [0.2, 0.25) is 5.28 Å². The summed E-state index contributed by atoms with van der Waals surface area (Å²) < 4.78 is 25.6. The van der Waals surface area contributed by atoms with E-state index in [2.05, 4.69) is 20.1 Å². The molecule has 2 aromatic rings. The fourth-order valence-electron chi connectivity index (χ4n) is 2.81. The highest BCUT2D eigenvalue weighted by Crippen LogP contribution is 2.29. The van der Waals surface area contributed by atoms with Crippen LogP contribution >= 0.6 is 11.6 Å². The van der Waals surface area contributed by atoms with Crippen LogP contribution in [-0.4, -0.2) is 45.5 Å². The monoisotopic (exact) mass is 355 g/mol. The number of rotatable bonds is 5. The standard InChI is InChI=1S/C15H19ClFN5O2/c1-3-13-20-15(24-21-13)22-5-4-11(12(17)8-22)9(2)23-10-6-18-14(16)19-7-10/h6-7,9,11-12H,3-5,8H2,1-2H3/t9-,11?,12+/m0/s1. The lowest BCUT2D eigenvalue weighted by Crippen LogP contribution is -2.46. The number of alkyl halides is 1. The summed E-state index contributed by atoms with van der Waals surface area (Å²) in [4.78, 5) is 13.8. The molecule has 1 aliphatic rings. The molecule has 0 N–H and O–H groups in total. The summed E-state index contributed by atoms with van der Waals surface area (Å²) in [5, 5.41) is 4.00. The van der Waals surface area contributed by atoms with Crippen molar-refractivity contribution in [2.24, 2.45) is 5.92 Å². The fourth-order valence-corrected chi connectivity index (χ4v) is 2.90. The van der Waals surface area contributed by atoms with Gasteiger partial charge in [-0.1, -0.05) is 12.1 Å². The second-order valence-electron chi connectivity index (χ2n) is 5.77. The molecule has 1 unspecified atom stereocenters. The predicted molar refractivity (Wildman–Crippen MR) is 86.0 cm³/mol. The number of aryl methyl sites for hydroxylation is 1. The van der Waals surface area contributed by atoms with E-state index in [9.17, 15) is 4.39 Å². The first-order valence-corrected chi connectivity index (χ1v) is 8.30. The first kappa shape index (κ1) is 16.9. The minimum absolute atomic E-state index is 0.151. The van der Waals surface area contributed by atoms with Crippen LogP contribution in [0.15, 0.2) is 16.9 Å². The van der Waals surface area contributed by atoms with Crippen molar-refractivity contribution in [2.45, 2.75) is 39.0 Å². The second kappa shape index (κ2) is 7.29. The van der Waals surface area contributed by atoms with E-state index in [0.29, 0.717) is 37.0 Å². The van der Waals surface area contributed by atoms with Gasteiger partial charge < -0.3 is 14.2 Å². The van der Waals surface area contributed by atoms with Gasteiger partial charge in [0.1, 0.15) is 12.3 Å². The third-order valence-corrected chi connectivity index (χ3v) is 4.35. The Morgan fingerprint density at radius 1 is 1.46 bits per heavy atom. The van der Waals surface area contributed by atoms with Gasteiger partial charge in [0.25, 0.3) is 0 Å². The summed E-state index contributed by atoms with van der Waals surface area (Å²) in [7, 11) is 0. The maximum atomic E-state index is 14.6. The zero-order chi connectivity index (χ0) is 17.1. The SMILES string of the molecule is CCc1noc(N2CCC([C@H](C)Oc3cnc(Cl)nc3)[C@H](F)C2)n1. The predicted octanol–water partition coefficient (Wildman–Crippen LogP) is 2.71. The normalized spacial score (nSPS) is 22.4. The van der Waals surface area contributed by atoms with Gasteiger partial charge in [-0.05, 0) is 24.9 Å². The number of anilines is 1. The molecule has 7 nitrogen and oxygen atoms in total. The summed E-state index contributed by atoms with van der Waals surface area (Å²) in [5.74, 6) is 0.874. The number of hydrogen-bond donors (Lipinski definition) is 0. The van der Waals surface area contributed by atoms with Crippen LogP contribution in [0.1, 0.15) is 26.1 Å². The third-order valence-electron chi connectivity index (χ3n) is 4.16. The molecule has 2 aromatic heterocycles. The smallest absolute Gasteiger partial charge is 0.324 e. The molecule has 24 heavy (non-hydrogen) atoms. The van der Waals surface area contributed by atoms with Gasteiger partial charge in [-0.3, -0.25) is 0 Å². The van der Waals surface area contributed by atoms with Gasteiger partial charge in [0.15, 0.2) is 11.6 Å². The van der Waals surface area contributed by atoms with Crippen LogP contribution in [0.5, 0.6) is 5.75 Å². The van der Waals surface area contributed by atoms with Crippen molar-refractivity contribution in [1.29, 1.82) is 0 Å². The molecule has 1 aliphatic heterocycles. The Morgan fingerprint density at radius 3 is 2.83 bits per heavy atom. The zero-order valence-corrected chi connectivity index (χ0v) is 14.3. The minimum atomic E-state index is -1.06. The number of nitrogens with zero attached hydrogens (tertiary/aromatic N) is 5. The van der Waals surface area contributed by atoms with Crippen molar-refractivity contribution in [3.05, 3.63) is 23.5 Å². The first-order valence-electron chi connectivity index (χ1n) is 7.92. The highest BCUT2D eigenvalue weighted by Gasteiger charge is 2.35. The quantitative estimate of drug-likeness (QED) is 0.763. The van der Waals surface area contributed by atoms with Crippen LogP contribution in [0, 0.1) is 5.92 Å². The molecular formula is C15H19ClFN5O2. The lowest BCUT2D eigenvalue weighted by atomic mass is 9.90. The van der Waals surface area contributed by atoms with E-state index in [1.54, 1.807) is 4.90 Å². The average Bonchev–Trinajstić information content (AvgIpc) is 3.06. The van der Waals surface area contributed by atoms with Gasteiger partial charge in [0.2, 0.25) is 5.28 Å². The topological polar surface area (TPSA) is 77.2 Å². The average molecular weight is 356 g/mol. The molecule has 0 aliphatic carbocycles. The summed E-state index contributed by atoms with van der Waals surface area (Å²) in [6.07, 6.45) is 2.92. The Kier molecular flexibility index (Phi) is 5.13. The van der Waals surface area contributed by atoms with Crippen LogP contribution in [0.3, 0.4) is 0 Å². The van der Waals surface area contributed by atoms with E-state index in [0.717, 1.165) is 0 Å². The molecule has 130 valence electrons. The van der Waals surface area contributed by atoms with Crippen LogP contribution < -0.4 is 9.64 Å². The van der Waals surface area contributed by atoms with E-state index in [1.165, 1.54) is 12.4 Å². The molecule has 3 atom stereocenters. The molecule has 0 spiro atoms. The first-order chi connectivity index (χ1) is 11.6. The number of halogens is 2. The van der Waals surface area contributed by atoms with Crippen molar-refractivity contribution in [3.63, 3.8) is 0 Å². The van der Waals surface area contributed by atoms with Crippen LogP contribution in [-0.2, 0) is 6.42 Å². The molecular weight excluding hydrogens is 337 g/mol. The van der Waals surface area contributed by atoms with Gasteiger partial charge >= 0.3 is 6.01 Å². The van der Waals surface area contributed by atoms with Gasteiger partial charge in [0, 0.05) is 18.9 Å². The molecule has 3 heterocycles. The van der Waals surface area contributed by atoms with Gasteiger partial charge in [-0.25, -0.2) is 14.4 Å². The Bertz CT molecular complexity index is 668.